The van der Waals surface area contributed by atoms with Crippen LogP contribution in [0.4, 0.5) is 13.2 Å². The van der Waals surface area contributed by atoms with Crippen molar-refractivity contribution in [1.82, 2.24) is 19.8 Å². The van der Waals surface area contributed by atoms with E-state index in [0.717, 1.165) is 38.2 Å². The molecular formula is C14H21F3N4. The number of hydrogen-bond donors (Lipinski definition) is 1. The van der Waals surface area contributed by atoms with Crippen molar-refractivity contribution in [3.05, 3.63) is 17.2 Å². The van der Waals surface area contributed by atoms with E-state index < -0.39 is 12.0 Å². The Labute approximate surface area is 122 Å². The molecule has 2 aliphatic heterocycles. The van der Waals surface area contributed by atoms with Gasteiger partial charge in [-0.25, -0.2) is 4.98 Å². The SMILES string of the molecule is CCN1CCCC(n2c(C(F)(F)F)nc3c2CCNC3)C1. The van der Waals surface area contributed by atoms with Crippen molar-refractivity contribution in [2.75, 3.05) is 26.2 Å². The Bertz CT molecular complexity index is 509. The molecule has 0 radical (unpaired) electrons. The van der Waals surface area contributed by atoms with Crippen LogP contribution in [0.5, 0.6) is 0 Å². The molecule has 0 bridgehead atoms. The molecule has 2 aliphatic rings. The van der Waals surface area contributed by atoms with Crippen molar-refractivity contribution in [3.63, 3.8) is 0 Å². The number of fused-ring (bicyclic) bond motifs is 1. The van der Waals surface area contributed by atoms with Crippen LogP contribution in [0.15, 0.2) is 0 Å². The molecule has 0 amide bonds. The molecule has 1 N–H and O–H groups in total. The van der Waals surface area contributed by atoms with Gasteiger partial charge in [-0.15, -0.1) is 0 Å². The normalized spacial score (nSPS) is 24.1. The number of alkyl halides is 3. The van der Waals surface area contributed by atoms with Gasteiger partial charge in [-0.2, -0.15) is 13.2 Å². The van der Waals surface area contributed by atoms with E-state index in [-0.39, 0.29) is 6.04 Å². The van der Waals surface area contributed by atoms with Crippen molar-refractivity contribution in [2.24, 2.45) is 0 Å². The first-order valence-corrected chi connectivity index (χ1v) is 7.61. The summed E-state index contributed by atoms with van der Waals surface area (Å²) < 4.78 is 41.6. The fraction of sp³-hybridized carbons (Fsp3) is 0.786. The molecule has 3 heterocycles. The van der Waals surface area contributed by atoms with Gasteiger partial charge in [0.05, 0.1) is 5.69 Å². The molecule has 3 rings (SSSR count). The molecule has 0 spiro atoms. The highest BCUT2D eigenvalue weighted by atomic mass is 19.4. The van der Waals surface area contributed by atoms with E-state index in [1.165, 1.54) is 4.57 Å². The molecule has 21 heavy (non-hydrogen) atoms. The van der Waals surface area contributed by atoms with E-state index >= 15 is 0 Å². The summed E-state index contributed by atoms with van der Waals surface area (Å²) in [5.41, 5.74) is 1.35. The Morgan fingerprint density at radius 1 is 1.38 bits per heavy atom. The minimum Gasteiger partial charge on any atom is -0.320 e. The Hall–Kier alpha value is -1.08. The minimum absolute atomic E-state index is 0.107. The van der Waals surface area contributed by atoms with Gasteiger partial charge in [-0.3, -0.25) is 0 Å². The van der Waals surface area contributed by atoms with Crippen molar-refractivity contribution in [3.8, 4) is 0 Å². The van der Waals surface area contributed by atoms with Crippen LogP contribution in [0.2, 0.25) is 0 Å². The van der Waals surface area contributed by atoms with E-state index in [4.69, 9.17) is 0 Å². The van der Waals surface area contributed by atoms with Gasteiger partial charge < -0.3 is 14.8 Å². The van der Waals surface area contributed by atoms with Crippen LogP contribution < -0.4 is 5.32 Å². The van der Waals surface area contributed by atoms with E-state index in [9.17, 15) is 13.2 Å². The second-order valence-electron chi connectivity index (χ2n) is 5.81. The number of likely N-dealkylation sites (tertiary alicyclic amines) is 1. The number of imidazole rings is 1. The van der Waals surface area contributed by atoms with Gasteiger partial charge in [-0.05, 0) is 25.9 Å². The van der Waals surface area contributed by atoms with Crippen LogP contribution in [0.3, 0.4) is 0 Å². The summed E-state index contributed by atoms with van der Waals surface area (Å²) in [6, 6.07) is -0.107. The lowest BCUT2D eigenvalue weighted by molar-refractivity contribution is -0.148. The first kappa shape index (κ1) is 14.8. The third kappa shape index (κ3) is 2.81. The van der Waals surface area contributed by atoms with E-state index in [2.05, 4.69) is 22.1 Å². The van der Waals surface area contributed by atoms with E-state index in [0.29, 0.717) is 25.2 Å². The maximum absolute atomic E-state index is 13.4. The van der Waals surface area contributed by atoms with Crippen LogP contribution in [-0.2, 0) is 19.1 Å². The average molecular weight is 302 g/mol. The summed E-state index contributed by atoms with van der Waals surface area (Å²) >= 11 is 0. The molecule has 1 aromatic rings. The van der Waals surface area contributed by atoms with Crippen LogP contribution in [-0.4, -0.2) is 40.6 Å². The predicted octanol–water partition coefficient (Wildman–Crippen LogP) is 2.20. The summed E-state index contributed by atoms with van der Waals surface area (Å²) in [4.78, 5) is 6.13. The highest BCUT2D eigenvalue weighted by molar-refractivity contribution is 5.23. The Kier molecular flexibility index (Phi) is 3.96. The Morgan fingerprint density at radius 2 is 2.19 bits per heavy atom. The number of rotatable bonds is 2. The summed E-state index contributed by atoms with van der Waals surface area (Å²) in [6.07, 6.45) is -2.01. The molecule has 0 aromatic carbocycles. The molecule has 118 valence electrons. The zero-order chi connectivity index (χ0) is 15.0. The standard InChI is InChI=1S/C14H21F3N4/c1-2-20-7-3-4-10(9-20)21-12-5-6-18-8-11(12)19-13(21)14(15,16)17/h10,18H,2-9H2,1H3. The second kappa shape index (κ2) is 5.61. The number of hydrogen-bond acceptors (Lipinski definition) is 3. The van der Waals surface area contributed by atoms with Crippen molar-refractivity contribution < 1.29 is 13.2 Å². The van der Waals surface area contributed by atoms with Gasteiger partial charge in [-0.1, -0.05) is 6.92 Å². The monoisotopic (exact) mass is 302 g/mol. The lowest BCUT2D eigenvalue weighted by Gasteiger charge is -2.34. The molecule has 1 unspecified atom stereocenters. The average Bonchev–Trinajstić information content (AvgIpc) is 2.87. The highest BCUT2D eigenvalue weighted by Gasteiger charge is 2.41. The van der Waals surface area contributed by atoms with Crippen LogP contribution in [0, 0.1) is 0 Å². The number of nitrogens with zero attached hydrogens (tertiary/aromatic N) is 3. The summed E-state index contributed by atoms with van der Waals surface area (Å²) in [5.74, 6) is -0.709. The van der Waals surface area contributed by atoms with Gasteiger partial charge >= 0.3 is 6.18 Å². The maximum atomic E-state index is 13.4. The van der Waals surface area contributed by atoms with Crippen molar-refractivity contribution in [1.29, 1.82) is 0 Å². The number of nitrogens with one attached hydrogen (secondary N) is 1. The molecule has 1 atom stereocenters. The Morgan fingerprint density at radius 3 is 2.90 bits per heavy atom. The number of aromatic nitrogens is 2. The number of halogens is 3. The molecule has 7 heteroatoms. The van der Waals surface area contributed by atoms with Gasteiger partial charge in [0.1, 0.15) is 0 Å². The lowest BCUT2D eigenvalue weighted by Crippen LogP contribution is -2.38. The van der Waals surface area contributed by atoms with Gasteiger partial charge in [0, 0.05) is 37.8 Å². The number of likely N-dealkylation sites (N-methyl/N-ethyl adjacent to an activating group) is 1. The first-order valence-electron chi connectivity index (χ1n) is 7.61. The lowest BCUT2D eigenvalue weighted by atomic mass is 10.0. The first-order chi connectivity index (χ1) is 10.0. The van der Waals surface area contributed by atoms with Crippen molar-refractivity contribution in [2.45, 2.75) is 44.9 Å². The largest absolute Gasteiger partial charge is 0.449 e. The highest BCUT2D eigenvalue weighted by Crippen LogP contribution is 2.36. The fourth-order valence-electron chi connectivity index (χ4n) is 3.46. The quantitative estimate of drug-likeness (QED) is 0.909. The zero-order valence-electron chi connectivity index (χ0n) is 12.2. The van der Waals surface area contributed by atoms with Crippen LogP contribution >= 0.6 is 0 Å². The molecule has 4 nitrogen and oxygen atoms in total. The molecular weight excluding hydrogens is 281 g/mol. The smallest absolute Gasteiger partial charge is 0.320 e. The third-order valence-corrected chi connectivity index (χ3v) is 4.47. The van der Waals surface area contributed by atoms with E-state index in [1.54, 1.807) is 0 Å². The Balaban J connectivity index is 2.01. The summed E-state index contributed by atoms with van der Waals surface area (Å²) in [7, 11) is 0. The van der Waals surface area contributed by atoms with Crippen LogP contribution in [0.1, 0.15) is 43.0 Å². The summed E-state index contributed by atoms with van der Waals surface area (Å²) in [6.45, 7) is 5.77. The predicted molar refractivity (Wildman–Crippen MR) is 73.0 cm³/mol. The topological polar surface area (TPSA) is 33.1 Å². The molecule has 1 fully saturated rings. The van der Waals surface area contributed by atoms with E-state index in [1.807, 2.05) is 0 Å². The van der Waals surface area contributed by atoms with Crippen LogP contribution in [0.25, 0.3) is 0 Å². The number of piperidine rings is 1. The van der Waals surface area contributed by atoms with Gasteiger partial charge in [0.2, 0.25) is 5.82 Å². The third-order valence-electron chi connectivity index (χ3n) is 4.47. The van der Waals surface area contributed by atoms with Crippen molar-refractivity contribution >= 4 is 0 Å². The summed E-state index contributed by atoms with van der Waals surface area (Å²) in [5, 5.41) is 3.10. The van der Waals surface area contributed by atoms with Gasteiger partial charge in [0.25, 0.3) is 0 Å². The second-order valence-corrected chi connectivity index (χ2v) is 5.81. The molecule has 1 aromatic heterocycles. The molecule has 0 saturated carbocycles. The zero-order valence-corrected chi connectivity index (χ0v) is 12.2. The molecule has 1 saturated heterocycles. The molecule has 0 aliphatic carbocycles. The maximum Gasteiger partial charge on any atom is 0.449 e. The van der Waals surface area contributed by atoms with Gasteiger partial charge in [0.15, 0.2) is 0 Å². The fourth-order valence-corrected chi connectivity index (χ4v) is 3.46. The minimum atomic E-state index is -4.38.